The van der Waals surface area contributed by atoms with E-state index in [2.05, 4.69) is 93.2 Å². The molecule has 0 unspecified atom stereocenters. The Kier molecular flexibility index (Phi) is 6.80. The fraction of sp³-hybridized carbons (Fsp3) is 0.167. The van der Waals surface area contributed by atoms with E-state index in [0.717, 1.165) is 39.0 Å². The van der Waals surface area contributed by atoms with Crippen molar-refractivity contribution in [3.63, 3.8) is 0 Å². The summed E-state index contributed by atoms with van der Waals surface area (Å²) in [6, 6.07) is 40.4. The Morgan fingerprint density at radius 3 is 2.36 bits per heavy atom. The largest absolute Gasteiger partial charge is 2.00 e. The second kappa shape index (κ2) is 10.5. The number of nitrogens with zero attached hydrogens (tertiary/aromatic N) is 5. The molecule has 6 aromatic rings. The van der Waals surface area contributed by atoms with Gasteiger partial charge in [-0.15, -0.1) is 23.7 Å². The van der Waals surface area contributed by atoms with Crippen molar-refractivity contribution in [1.82, 2.24) is 14.8 Å². The van der Waals surface area contributed by atoms with E-state index in [9.17, 15) is 0 Å². The van der Waals surface area contributed by atoms with Gasteiger partial charge in [0.1, 0.15) is 5.69 Å². The van der Waals surface area contributed by atoms with Gasteiger partial charge in [0.15, 0.2) is 6.98 Å². The first-order valence-corrected chi connectivity index (χ1v) is 14.7. The molecule has 0 saturated carbocycles. The smallest absolute Gasteiger partial charge is 0.654 e. The van der Waals surface area contributed by atoms with Gasteiger partial charge in [-0.2, -0.15) is 11.2 Å². The van der Waals surface area contributed by atoms with Crippen LogP contribution in [0.2, 0.25) is 0 Å². The Bertz CT molecular complexity index is 2020. The molecule has 2 aliphatic heterocycles. The molecule has 0 N–H and O–H groups in total. The molecule has 0 bridgehead atoms. The van der Waals surface area contributed by atoms with Gasteiger partial charge in [0, 0.05) is 45.1 Å². The summed E-state index contributed by atoms with van der Waals surface area (Å²) in [5.41, 5.74) is 7.71. The van der Waals surface area contributed by atoms with Crippen LogP contribution in [-0.4, -0.2) is 32.8 Å². The standard InChI is InChI=1S/C36H30BN5O.Pt/c1-35(2)36(3,4)42-31-20-11-8-17-27(31)28-21-22-32(38-34(28)37(42)40-35)43-26-16-12-15-25(23-26)41-30-19-10-9-18-29(30)33(39-41)24-13-6-5-7-14-24;/h5-22H,1-4H3;/q-2;+2. The van der Waals surface area contributed by atoms with Gasteiger partial charge in [-0.05, 0) is 43.3 Å². The number of rotatable bonds is 4. The average Bonchev–Trinajstić information content (AvgIpc) is 3.50. The average molecular weight is 755 g/mol. The molecule has 4 heterocycles. The molecule has 218 valence electrons. The van der Waals surface area contributed by atoms with Gasteiger partial charge >= 0.3 is 21.1 Å². The van der Waals surface area contributed by atoms with E-state index in [1.165, 1.54) is 11.3 Å². The maximum absolute atomic E-state index is 6.38. The van der Waals surface area contributed by atoms with Crippen molar-refractivity contribution in [1.29, 1.82) is 0 Å². The Labute approximate surface area is 272 Å². The summed E-state index contributed by atoms with van der Waals surface area (Å²) in [4.78, 5) is 7.50. The van der Waals surface area contributed by atoms with Crippen LogP contribution in [0.3, 0.4) is 0 Å². The molecule has 0 spiro atoms. The van der Waals surface area contributed by atoms with Crippen molar-refractivity contribution < 1.29 is 25.8 Å². The van der Waals surface area contributed by atoms with Gasteiger partial charge in [-0.3, -0.25) is 4.68 Å². The number of benzene rings is 4. The Morgan fingerprint density at radius 1 is 0.773 bits per heavy atom. The Hall–Kier alpha value is -4.19. The number of pyridine rings is 1. The van der Waals surface area contributed by atoms with Crippen molar-refractivity contribution in [2.75, 3.05) is 4.81 Å². The van der Waals surface area contributed by atoms with E-state index in [1.54, 1.807) is 0 Å². The zero-order valence-electron chi connectivity index (χ0n) is 24.9. The first-order chi connectivity index (χ1) is 20.8. The van der Waals surface area contributed by atoms with Gasteiger partial charge in [0.2, 0.25) is 5.88 Å². The van der Waals surface area contributed by atoms with Crippen LogP contribution in [0.25, 0.3) is 44.2 Å². The summed E-state index contributed by atoms with van der Waals surface area (Å²) in [5, 5.41) is 11.4. The van der Waals surface area contributed by atoms with Gasteiger partial charge in [-0.25, -0.2) is 4.98 Å². The fourth-order valence-electron chi connectivity index (χ4n) is 6.38. The SMILES string of the molecule is CC1(C)[N-]B2c3nc(Oc4[c-]c(-n5nc(-c6ccccc6)c6ccccc65)ccc4)ccc3-c3ccccc3N2C1(C)C.[Pt+2]. The van der Waals surface area contributed by atoms with Crippen molar-refractivity contribution in [3.8, 4) is 39.7 Å². The molecule has 0 aliphatic carbocycles. The number of hydrogen-bond acceptors (Lipinski definition) is 4. The third-order valence-corrected chi connectivity index (χ3v) is 9.22. The number of para-hydroxylation sites is 2. The first-order valence-electron chi connectivity index (χ1n) is 14.7. The van der Waals surface area contributed by atoms with Crippen LogP contribution in [0.1, 0.15) is 27.7 Å². The zero-order chi connectivity index (χ0) is 29.3. The van der Waals surface area contributed by atoms with Gasteiger partial charge in [-0.1, -0.05) is 80.6 Å². The van der Waals surface area contributed by atoms with E-state index in [-0.39, 0.29) is 39.1 Å². The molecule has 2 aliphatic rings. The third kappa shape index (κ3) is 4.33. The summed E-state index contributed by atoms with van der Waals surface area (Å²) < 4.78 is 8.31. The predicted octanol–water partition coefficient (Wildman–Crippen LogP) is 7.80. The minimum Gasteiger partial charge on any atom is -0.654 e. The van der Waals surface area contributed by atoms with E-state index in [0.29, 0.717) is 11.6 Å². The maximum atomic E-state index is 6.38. The van der Waals surface area contributed by atoms with E-state index < -0.39 is 0 Å². The van der Waals surface area contributed by atoms with E-state index >= 15 is 0 Å². The number of aromatic nitrogens is 3. The summed E-state index contributed by atoms with van der Waals surface area (Å²) in [6.07, 6.45) is 0. The molecule has 0 amide bonds. The molecule has 44 heavy (non-hydrogen) atoms. The van der Waals surface area contributed by atoms with Gasteiger partial charge in [0.25, 0.3) is 0 Å². The fourth-order valence-corrected chi connectivity index (χ4v) is 6.38. The number of anilines is 1. The monoisotopic (exact) mass is 754 g/mol. The van der Waals surface area contributed by atoms with Crippen molar-refractivity contribution >= 4 is 29.2 Å². The quantitative estimate of drug-likeness (QED) is 0.136. The van der Waals surface area contributed by atoms with E-state index in [1.807, 2.05) is 59.3 Å². The number of ether oxygens (including phenoxy) is 1. The van der Waals surface area contributed by atoms with Crippen molar-refractivity contribution in [2.45, 2.75) is 38.8 Å². The topological polar surface area (TPSA) is 57.3 Å². The second-order valence-corrected chi connectivity index (χ2v) is 12.2. The molecule has 1 saturated heterocycles. The molecule has 2 aromatic heterocycles. The molecule has 6 nitrogen and oxygen atoms in total. The molecule has 8 rings (SSSR count). The van der Waals surface area contributed by atoms with Crippen LogP contribution in [0.15, 0.2) is 109 Å². The third-order valence-electron chi connectivity index (χ3n) is 9.22. The van der Waals surface area contributed by atoms with Crippen molar-refractivity contribution in [2.24, 2.45) is 0 Å². The molecular weight excluding hydrogens is 724 g/mol. The maximum Gasteiger partial charge on any atom is 2.00 e. The van der Waals surface area contributed by atoms with Crippen molar-refractivity contribution in [3.05, 3.63) is 120 Å². The Morgan fingerprint density at radius 2 is 1.52 bits per heavy atom. The normalized spacial score (nSPS) is 15.7. The van der Waals surface area contributed by atoms with Crippen LogP contribution in [0, 0.1) is 6.07 Å². The molecule has 0 atom stereocenters. The summed E-state index contributed by atoms with van der Waals surface area (Å²) in [7, 11) is 0. The predicted molar refractivity (Wildman–Crippen MR) is 174 cm³/mol. The molecular formula is C36H30BN5OPt. The number of fused-ring (bicyclic) bond motifs is 7. The van der Waals surface area contributed by atoms with Crippen LogP contribution in [-0.2, 0) is 21.1 Å². The zero-order valence-corrected chi connectivity index (χ0v) is 27.2. The number of hydrogen-bond donors (Lipinski definition) is 0. The van der Waals surface area contributed by atoms with Crippen LogP contribution in [0.4, 0.5) is 5.69 Å². The summed E-state index contributed by atoms with van der Waals surface area (Å²) >= 11 is 0. The van der Waals surface area contributed by atoms with E-state index in [4.69, 9.17) is 20.0 Å². The van der Waals surface area contributed by atoms with Crippen LogP contribution < -0.4 is 15.1 Å². The first kappa shape index (κ1) is 28.6. The molecule has 4 aromatic carbocycles. The Balaban J connectivity index is 0.00000312. The van der Waals surface area contributed by atoms with Crippen LogP contribution in [0.5, 0.6) is 11.6 Å². The molecule has 0 radical (unpaired) electrons. The van der Waals surface area contributed by atoms with Crippen LogP contribution >= 0.6 is 0 Å². The molecule has 8 heteroatoms. The second-order valence-electron chi connectivity index (χ2n) is 12.2. The van der Waals surface area contributed by atoms with Gasteiger partial charge < -0.3 is 14.8 Å². The minimum absolute atomic E-state index is 0. The summed E-state index contributed by atoms with van der Waals surface area (Å²) in [6.45, 7) is 8.75. The summed E-state index contributed by atoms with van der Waals surface area (Å²) in [5.74, 6) is 1.09. The minimum atomic E-state index is -0.266. The molecule has 1 fully saturated rings. The van der Waals surface area contributed by atoms with Gasteiger partial charge in [0.05, 0.1) is 5.52 Å².